The average molecular weight is 356 g/mol. The molecule has 0 saturated carbocycles. The number of methoxy groups -OCH3 is 1. The molecule has 1 fully saturated rings. The van der Waals surface area contributed by atoms with Gasteiger partial charge in [0, 0.05) is 19.1 Å². The van der Waals surface area contributed by atoms with E-state index in [4.69, 9.17) is 9.84 Å². The number of benzene rings is 1. The van der Waals surface area contributed by atoms with Crippen molar-refractivity contribution in [3.63, 3.8) is 0 Å². The van der Waals surface area contributed by atoms with Crippen molar-refractivity contribution >= 4 is 16.0 Å². The summed E-state index contributed by atoms with van der Waals surface area (Å²) in [5.41, 5.74) is 0. The summed E-state index contributed by atoms with van der Waals surface area (Å²) >= 11 is 0. The number of nitrogens with zero attached hydrogens (tertiary/aromatic N) is 2. The van der Waals surface area contributed by atoms with Crippen molar-refractivity contribution in [3.8, 4) is 5.75 Å². The van der Waals surface area contributed by atoms with Crippen LogP contribution in [0, 0.1) is 0 Å². The lowest BCUT2D eigenvalue weighted by molar-refractivity contribution is -0.138. The molecule has 2 rings (SSSR count). The van der Waals surface area contributed by atoms with E-state index in [1.807, 2.05) is 0 Å². The number of carboxylic acids is 1. The number of aliphatic carboxylic acids is 1. The number of ether oxygens (including phenoxy) is 1. The first-order valence-corrected chi connectivity index (χ1v) is 9.35. The van der Waals surface area contributed by atoms with E-state index in [1.165, 1.54) is 11.4 Å². The summed E-state index contributed by atoms with van der Waals surface area (Å²) in [6.07, 6.45) is 2.13. The van der Waals surface area contributed by atoms with Gasteiger partial charge in [0.15, 0.2) is 0 Å². The number of likely N-dealkylation sites (N-methyl/N-ethyl adjacent to an activating group) is 1. The normalized spacial score (nSPS) is 19.9. The van der Waals surface area contributed by atoms with Crippen molar-refractivity contribution in [2.24, 2.45) is 0 Å². The predicted molar refractivity (Wildman–Crippen MR) is 89.7 cm³/mol. The van der Waals surface area contributed by atoms with Crippen molar-refractivity contribution in [1.82, 2.24) is 9.21 Å². The van der Waals surface area contributed by atoms with Crippen LogP contribution in [0.5, 0.6) is 5.75 Å². The third-order valence-corrected chi connectivity index (χ3v) is 6.27. The summed E-state index contributed by atoms with van der Waals surface area (Å²) < 4.78 is 32.1. The largest absolute Gasteiger partial charge is 0.497 e. The molecular formula is C16H24N2O5S. The minimum absolute atomic E-state index is 0.0318. The topological polar surface area (TPSA) is 87.2 Å². The molecule has 1 aliphatic rings. The molecule has 1 saturated heterocycles. The summed E-state index contributed by atoms with van der Waals surface area (Å²) in [5, 5.41) is 8.90. The zero-order valence-corrected chi connectivity index (χ0v) is 14.8. The fourth-order valence-corrected chi connectivity index (χ4v) is 4.47. The molecule has 1 aromatic rings. The van der Waals surface area contributed by atoms with Gasteiger partial charge >= 0.3 is 5.97 Å². The van der Waals surface area contributed by atoms with Crippen LogP contribution >= 0.6 is 0 Å². The summed E-state index contributed by atoms with van der Waals surface area (Å²) in [6, 6.07) is 6.44. The first-order valence-electron chi connectivity index (χ1n) is 7.91. The molecule has 24 heavy (non-hydrogen) atoms. The summed E-state index contributed by atoms with van der Waals surface area (Å²) in [7, 11) is -0.236. The van der Waals surface area contributed by atoms with Gasteiger partial charge < -0.3 is 9.84 Å². The Labute approximate surface area is 142 Å². The van der Waals surface area contributed by atoms with Crippen LogP contribution in [0.25, 0.3) is 0 Å². The van der Waals surface area contributed by atoms with Crippen molar-refractivity contribution in [2.45, 2.75) is 30.2 Å². The fraction of sp³-hybridized carbons (Fsp3) is 0.562. The molecule has 0 bridgehead atoms. The van der Waals surface area contributed by atoms with Gasteiger partial charge in [-0.3, -0.25) is 9.69 Å². The van der Waals surface area contributed by atoms with E-state index in [9.17, 15) is 13.2 Å². The highest BCUT2D eigenvalue weighted by atomic mass is 32.2. The Morgan fingerprint density at radius 1 is 1.29 bits per heavy atom. The van der Waals surface area contributed by atoms with E-state index in [0.717, 1.165) is 6.42 Å². The van der Waals surface area contributed by atoms with Crippen LogP contribution in [0.2, 0.25) is 0 Å². The molecule has 0 aromatic heterocycles. The number of rotatable bonds is 6. The monoisotopic (exact) mass is 356 g/mol. The van der Waals surface area contributed by atoms with Crippen molar-refractivity contribution in [1.29, 1.82) is 0 Å². The van der Waals surface area contributed by atoms with Crippen LogP contribution in [-0.2, 0) is 14.8 Å². The Hall–Kier alpha value is -1.64. The molecule has 1 heterocycles. The maximum absolute atomic E-state index is 12.8. The third kappa shape index (κ3) is 4.46. The lowest BCUT2D eigenvalue weighted by Crippen LogP contribution is -2.37. The van der Waals surface area contributed by atoms with Crippen LogP contribution in [0.4, 0.5) is 0 Å². The van der Waals surface area contributed by atoms with Crippen LogP contribution in [0.1, 0.15) is 19.3 Å². The molecule has 1 aromatic carbocycles. The predicted octanol–water partition coefficient (Wildman–Crippen LogP) is 1.25. The van der Waals surface area contributed by atoms with Gasteiger partial charge in [0.1, 0.15) is 5.75 Å². The quantitative estimate of drug-likeness (QED) is 0.826. The number of sulfonamides is 1. The van der Waals surface area contributed by atoms with E-state index in [2.05, 4.69) is 0 Å². The highest BCUT2D eigenvalue weighted by Gasteiger charge is 2.29. The molecule has 1 aliphatic heterocycles. The van der Waals surface area contributed by atoms with E-state index in [1.54, 1.807) is 36.2 Å². The van der Waals surface area contributed by atoms with Gasteiger partial charge in [0.2, 0.25) is 10.0 Å². The highest BCUT2D eigenvalue weighted by molar-refractivity contribution is 7.89. The second-order valence-corrected chi connectivity index (χ2v) is 7.91. The summed E-state index contributed by atoms with van der Waals surface area (Å²) in [6.45, 7) is 0.810. The van der Waals surface area contributed by atoms with Crippen molar-refractivity contribution in [2.75, 3.05) is 33.8 Å². The standard InChI is InChI=1S/C16H24N2O5S/c1-17(12-16(19)20)13-4-3-10-18(11-9-13)24(21,22)15-7-5-14(23-2)6-8-15/h5-8,13H,3-4,9-12H2,1-2H3,(H,19,20). The third-order valence-electron chi connectivity index (χ3n) is 4.36. The van der Waals surface area contributed by atoms with Crippen molar-refractivity contribution < 1.29 is 23.1 Å². The van der Waals surface area contributed by atoms with Gasteiger partial charge in [-0.2, -0.15) is 4.31 Å². The van der Waals surface area contributed by atoms with Gasteiger partial charge in [-0.1, -0.05) is 0 Å². The minimum Gasteiger partial charge on any atom is -0.497 e. The maximum Gasteiger partial charge on any atom is 0.317 e. The number of carboxylic acid groups (broad SMARTS) is 1. The van der Waals surface area contributed by atoms with Crippen LogP contribution in [0.3, 0.4) is 0 Å². The Kier molecular flexibility index (Phi) is 6.20. The number of hydrogen-bond donors (Lipinski definition) is 1. The number of hydrogen-bond acceptors (Lipinski definition) is 5. The highest BCUT2D eigenvalue weighted by Crippen LogP contribution is 2.23. The van der Waals surface area contributed by atoms with Crippen LogP contribution in [-0.4, -0.2) is 68.5 Å². The Morgan fingerprint density at radius 3 is 2.54 bits per heavy atom. The van der Waals surface area contributed by atoms with Gasteiger partial charge in [0.25, 0.3) is 0 Å². The molecule has 1 unspecified atom stereocenters. The smallest absolute Gasteiger partial charge is 0.317 e. The molecule has 8 heteroatoms. The molecule has 7 nitrogen and oxygen atoms in total. The SMILES string of the molecule is COc1ccc(S(=O)(=O)N2CCCC(N(C)CC(=O)O)CC2)cc1. The molecule has 0 amide bonds. The van der Waals surface area contributed by atoms with Crippen LogP contribution < -0.4 is 4.74 Å². The van der Waals surface area contributed by atoms with E-state index >= 15 is 0 Å². The van der Waals surface area contributed by atoms with E-state index in [-0.39, 0.29) is 17.5 Å². The van der Waals surface area contributed by atoms with E-state index in [0.29, 0.717) is 31.7 Å². The first-order chi connectivity index (χ1) is 11.3. The zero-order chi connectivity index (χ0) is 17.7. The number of carbonyl (C=O) groups is 1. The van der Waals surface area contributed by atoms with Gasteiger partial charge in [-0.15, -0.1) is 0 Å². The zero-order valence-electron chi connectivity index (χ0n) is 14.0. The van der Waals surface area contributed by atoms with Gasteiger partial charge in [-0.05, 0) is 50.6 Å². The first kappa shape index (κ1) is 18.7. The lowest BCUT2D eigenvalue weighted by atomic mass is 10.1. The van der Waals surface area contributed by atoms with Crippen LogP contribution in [0.15, 0.2) is 29.2 Å². The average Bonchev–Trinajstić information content (AvgIpc) is 2.81. The lowest BCUT2D eigenvalue weighted by Gasteiger charge is -2.25. The Bertz CT molecular complexity index is 660. The Morgan fingerprint density at radius 2 is 1.96 bits per heavy atom. The van der Waals surface area contributed by atoms with E-state index < -0.39 is 16.0 Å². The van der Waals surface area contributed by atoms with Gasteiger partial charge in [-0.25, -0.2) is 8.42 Å². The second-order valence-electron chi connectivity index (χ2n) is 5.97. The van der Waals surface area contributed by atoms with Gasteiger partial charge in [0.05, 0.1) is 18.6 Å². The molecule has 1 atom stereocenters. The molecular weight excluding hydrogens is 332 g/mol. The second kappa shape index (κ2) is 7.96. The maximum atomic E-state index is 12.8. The molecule has 0 radical (unpaired) electrons. The van der Waals surface area contributed by atoms with Crippen molar-refractivity contribution in [3.05, 3.63) is 24.3 Å². The fourth-order valence-electron chi connectivity index (χ4n) is 2.97. The molecule has 0 spiro atoms. The molecule has 1 N–H and O–H groups in total. The molecule has 134 valence electrons. The minimum atomic E-state index is -3.54. The molecule has 0 aliphatic carbocycles. The summed E-state index contributed by atoms with van der Waals surface area (Å²) in [5.74, 6) is -0.260. The Balaban J connectivity index is 2.07. The summed E-state index contributed by atoms with van der Waals surface area (Å²) in [4.78, 5) is 12.9.